The van der Waals surface area contributed by atoms with Crippen LogP contribution in [0.5, 0.6) is 11.5 Å². The summed E-state index contributed by atoms with van der Waals surface area (Å²) in [5.41, 5.74) is 2.07. The molecule has 27 heavy (non-hydrogen) atoms. The molecule has 6 nitrogen and oxygen atoms in total. The SMILES string of the molecule is CCNC(=NCc1ccc(OC)cc1OC)NCC(CO)c1ccccc1. The van der Waals surface area contributed by atoms with Crippen LogP contribution in [0.2, 0.25) is 0 Å². The predicted octanol–water partition coefficient (Wildman–Crippen LogP) is 2.54. The molecule has 2 aromatic carbocycles. The second-order valence-corrected chi connectivity index (χ2v) is 6.04. The van der Waals surface area contributed by atoms with Crippen molar-refractivity contribution in [2.75, 3.05) is 33.9 Å². The molecule has 0 saturated carbocycles. The van der Waals surface area contributed by atoms with Crippen molar-refractivity contribution in [3.8, 4) is 11.5 Å². The number of hydrogen-bond donors (Lipinski definition) is 3. The first-order chi connectivity index (χ1) is 13.2. The molecule has 0 fully saturated rings. The lowest BCUT2D eigenvalue weighted by molar-refractivity contribution is 0.265. The number of benzene rings is 2. The highest BCUT2D eigenvalue weighted by Gasteiger charge is 2.11. The van der Waals surface area contributed by atoms with Gasteiger partial charge in [0.1, 0.15) is 11.5 Å². The van der Waals surface area contributed by atoms with Gasteiger partial charge in [-0.05, 0) is 24.6 Å². The zero-order valence-corrected chi connectivity index (χ0v) is 16.2. The van der Waals surface area contributed by atoms with Gasteiger partial charge in [-0.3, -0.25) is 0 Å². The molecule has 1 unspecified atom stereocenters. The molecule has 6 heteroatoms. The van der Waals surface area contributed by atoms with Crippen LogP contribution in [-0.2, 0) is 6.54 Å². The topological polar surface area (TPSA) is 75.1 Å². The summed E-state index contributed by atoms with van der Waals surface area (Å²) in [6.07, 6.45) is 0. The summed E-state index contributed by atoms with van der Waals surface area (Å²) in [6.45, 7) is 3.90. The largest absolute Gasteiger partial charge is 0.497 e. The first-order valence-electron chi connectivity index (χ1n) is 9.10. The van der Waals surface area contributed by atoms with Crippen LogP contribution >= 0.6 is 0 Å². The van der Waals surface area contributed by atoms with Crippen LogP contribution < -0.4 is 20.1 Å². The van der Waals surface area contributed by atoms with Gasteiger partial charge in [-0.15, -0.1) is 0 Å². The molecule has 0 heterocycles. The van der Waals surface area contributed by atoms with Gasteiger partial charge < -0.3 is 25.2 Å². The van der Waals surface area contributed by atoms with Crippen molar-refractivity contribution in [1.29, 1.82) is 0 Å². The molecule has 0 aliphatic rings. The van der Waals surface area contributed by atoms with E-state index >= 15 is 0 Å². The molecule has 1 atom stereocenters. The fraction of sp³-hybridized carbons (Fsp3) is 0.381. The van der Waals surface area contributed by atoms with E-state index in [2.05, 4.69) is 15.6 Å². The minimum atomic E-state index is 0.00517. The molecule has 0 spiro atoms. The minimum absolute atomic E-state index is 0.00517. The second-order valence-electron chi connectivity index (χ2n) is 6.04. The Kier molecular flexibility index (Phi) is 8.45. The molecule has 2 aromatic rings. The molecule has 0 amide bonds. The summed E-state index contributed by atoms with van der Waals surface area (Å²) in [6, 6.07) is 15.7. The molecule has 0 bridgehead atoms. The standard InChI is InChI=1S/C21H29N3O3/c1-4-22-21(24-14-18(15-25)16-8-6-5-7-9-16)23-13-17-10-11-19(26-2)12-20(17)27-3/h5-12,18,25H,4,13-15H2,1-3H3,(H2,22,23,24). The zero-order valence-electron chi connectivity index (χ0n) is 16.2. The van der Waals surface area contributed by atoms with Crippen molar-refractivity contribution >= 4 is 5.96 Å². The van der Waals surface area contributed by atoms with Crippen molar-refractivity contribution in [1.82, 2.24) is 10.6 Å². The van der Waals surface area contributed by atoms with Crippen LogP contribution in [0.25, 0.3) is 0 Å². The third kappa shape index (κ3) is 6.18. The van der Waals surface area contributed by atoms with E-state index in [4.69, 9.17) is 9.47 Å². The molecule has 0 aliphatic carbocycles. The maximum atomic E-state index is 9.72. The second kappa shape index (κ2) is 11.1. The van der Waals surface area contributed by atoms with Crippen molar-refractivity contribution in [2.45, 2.75) is 19.4 Å². The van der Waals surface area contributed by atoms with Crippen LogP contribution in [0.1, 0.15) is 24.0 Å². The Hall–Kier alpha value is -2.73. The lowest BCUT2D eigenvalue weighted by Gasteiger charge is -2.18. The Morgan fingerprint density at radius 2 is 1.85 bits per heavy atom. The van der Waals surface area contributed by atoms with E-state index in [0.717, 1.165) is 29.2 Å². The summed E-state index contributed by atoms with van der Waals surface area (Å²) >= 11 is 0. The molecule has 0 aliphatic heterocycles. The van der Waals surface area contributed by atoms with Crippen LogP contribution in [-0.4, -0.2) is 45.0 Å². The Bertz CT molecular complexity index is 720. The third-order valence-corrected chi connectivity index (χ3v) is 4.25. The van der Waals surface area contributed by atoms with E-state index in [1.165, 1.54) is 0 Å². The van der Waals surface area contributed by atoms with Crippen LogP contribution in [0.15, 0.2) is 53.5 Å². The Morgan fingerprint density at radius 1 is 1.07 bits per heavy atom. The normalized spacial score (nSPS) is 12.4. The number of nitrogens with zero attached hydrogens (tertiary/aromatic N) is 1. The van der Waals surface area contributed by atoms with E-state index in [1.807, 2.05) is 55.5 Å². The summed E-state index contributed by atoms with van der Waals surface area (Å²) < 4.78 is 10.7. The Morgan fingerprint density at radius 3 is 2.48 bits per heavy atom. The average Bonchev–Trinajstić information content (AvgIpc) is 2.73. The highest BCUT2D eigenvalue weighted by molar-refractivity contribution is 5.79. The van der Waals surface area contributed by atoms with Gasteiger partial charge in [0, 0.05) is 30.6 Å². The fourth-order valence-electron chi connectivity index (χ4n) is 2.72. The van der Waals surface area contributed by atoms with Crippen LogP contribution in [0, 0.1) is 0 Å². The highest BCUT2D eigenvalue weighted by Crippen LogP contribution is 2.25. The maximum Gasteiger partial charge on any atom is 0.191 e. The predicted molar refractivity (Wildman–Crippen MR) is 109 cm³/mol. The minimum Gasteiger partial charge on any atom is -0.497 e. The molecule has 0 radical (unpaired) electrons. The molecule has 0 aromatic heterocycles. The summed E-state index contributed by atoms with van der Waals surface area (Å²) in [5.74, 6) is 2.19. The summed E-state index contributed by atoms with van der Waals surface area (Å²) in [5, 5.41) is 16.3. The summed E-state index contributed by atoms with van der Waals surface area (Å²) in [4.78, 5) is 4.64. The Balaban J connectivity index is 2.05. The number of rotatable bonds is 9. The van der Waals surface area contributed by atoms with Gasteiger partial charge in [-0.2, -0.15) is 0 Å². The van der Waals surface area contributed by atoms with Crippen molar-refractivity contribution < 1.29 is 14.6 Å². The van der Waals surface area contributed by atoms with Gasteiger partial charge in [0.25, 0.3) is 0 Å². The molecular weight excluding hydrogens is 342 g/mol. The van der Waals surface area contributed by atoms with Gasteiger partial charge >= 0.3 is 0 Å². The molecular formula is C21H29N3O3. The number of nitrogens with one attached hydrogen (secondary N) is 2. The molecule has 0 saturated heterocycles. The lowest BCUT2D eigenvalue weighted by Crippen LogP contribution is -2.39. The quantitative estimate of drug-likeness (QED) is 0.467. The number of aliphatic hydroxyl groups is 1. The molecule has 2 rings (SSSR count). The first-order valence-corrected chi connectivity index (χ1v) is 9.10. The van der Waals surface area contributed by atoms with E-state index in [0.29, 0.717) is 19.0 Å². The van der Waals surface area contributed by atoms with Crippen LogP contribution in [0.4, 0.5) is 0 Å². The van der Waals surface area contributed by atoms with E-state index in [-0.39, 0.29) is 12.5 Å². The number of guanidine groups is 1. The van der Waals surface area contributed by atoms with Crippen LogP contribution in [0.3, 0.4) is 0 Å². The highest BCUT2D eigenvalue weighted by atomic mass is 16.5. The van der Waals surface area contributed by atoms with Crippen molar-refractivity contribution in [2.24, 2.45) is 4.99 Å². The number of methoxy groups -OCH3 is 2. The smallest absolute Gasteiger partial charge is 0.191 e. The van der Waals surface area contributed by atoms with E-state index in [9.17, 15) is 5.11 Å². The van der Waals surface area contributed by atoms with Crippen molar-refractivity contribution in [3.05, 3.63) is 59.7 Å². The zero-order chi connectivity index (χ0) is 19.5. The number of aliphatic hydroxyl groups excluding tert-OH is 1. The molecule has 146 valence electrons. The summed E-state index contributed by atoms with van der Waals surface area (Å²) in [7, 11) is 3.27. The van der Waals surface area contributed by atoms with E-state index < -0.39 is 0 Å². The van der Waals surface area contributed by atoms with E-state index in [1.54, 1.807) is 14.2 Å². The number of ether oxygens (including phenoxy) is 2. The van der Waals surface area contributed by atoms with Gasteiger partial charge in [-0.25, -0.2) is 4.99 Å². The van der Waals surface area contributed by atoms with Gasteiger partial charge in [0.2, 0.25) is 0 Å². The maximum absolute atomic E-state index is 9.72. The average molecular weight is 371 g/mol. The molecule has 3 N–H and O–H groups in total. The third-order valence-electron chi connectivity index (χ3n) is 4.25. The van der Waals surface area contributed by atoms with Gasteiger partial charge in [-0.1, -0.05) is 30.3 Å². The Labute approximate surface area is 161 Å². The monoisotopic (exact) mass is 371 g/mol. The first kappa shape index (κ1) is 20.6. The van der Waals surface area contributed by atoms with Gasteiger partial charge in [0.15, 0.2) is 5.96 Å². The number of aliphatic imine (C=N–C) groups is 1. The van der Waals surface area contributed by atoms with Crippen molar-refractivity contribution in [3.63, 3.8) is 0 Å². The lowest BCUT2D eigenvalue weighted by atomic mass is 10.0. The van der Waals surface area contributed by atoms with Gasteiger partial charge in [0.05, 0.1) is 27.4 Å². The fourth-order valence-corrected chi connectivity index (χ4v) is 2.72. The number of hydrogen-bond acceptors (Lipinski definition) is 4.